The van der Waals surface area contributed by atoms with Crippen molar-refractivity contribution in [3.8, 4) is 0 Å². The molecule has 9 nitrogen and oxygen atoms in total. The molecular weight excluding hydrogens is 460 g/mol. The standard InChI is InChI=1S/C24H24N2O7S/c1-2-10-26(14-9-11-34(31,32)13-14)19(27)12-33-24(30)18-8-7-17-20(21(18)25)23(29)16-6-4-3-5-15(16)22(17)28/h3-8,14H,2,9-13,25H2,1H3. The highest BCUT2D eigenvalue weighted by atomic mass is 32.2. The number of benzene rings is 2. The zero-order chi connectivity index (χ0) is 24.6. The molecule has 0 spiro atoms. The van der Waals surface area contributed by atoms with Gasteiger partial charge >= 0.3 is 5.97 Å². The van der Waals surface area contributed by atoms with E-state index in [1.54, 1.807) is 18.2 Å². The van der Waals surface area contributed by atoms with Crippen molar-refractivity contribution in [1.82, 2.24) is 4.90 Å². The van der Waals surface area contributed by atoms with Crippen LogP contribution in [0.3, 0.4) is 0 Å². The molecule has 1 saturated heterocycles. The number of carbonyl (C=O) groups is 4. The van der Waals surface area contributed by atoms with Crippen LogP contribution in [0.15, 0.2) is 36.4 Å². The van der Waals surface area contributed by atoms with E-state index in [1.165, 1.54) is 23.1 Å². The van der Waals surface area contributed by atoms with Crippen LogP contribution >= 0.6 is 0 Å². The lowest BCUT2D eigenvalue weighted by Gasteiger charge is -2.27. The molecule has 1 fully saturated rings. The van der Waals surface area contributed by atoms with Crippen molar-refractivity contribution in [3.05, 3.63) is 64.2 Å². The van der Waals surface area contributed by atoms with Gasteiger partial charge < -0.3 is 15.4 Å². The zero-order valence-electron chi connectivity index (χ0n) is 18.6. The molecule has 2 aliphatic rings. The summed E-state index contributed by atoms with van der Waals surface area (Å²) in [4.78, 5) is 52.7. The molecule has 178 valence electrons. The summed E-state index contributed by atoms with van der Waals surface area (Å²) in [7, 11) is -3.19. The Bertz CT molecular complexity index is 1320. The van der Waals surface area contributed by atoms with Crippen molar-refractivity contribution < 1.29 is 32.3 Å². The highest BCUT2D eigenvalue weighted by Gasteiger charge is 2.35. The van der Waals surface area contributed by atoms with E-state index in [1.807, 2.05) is 6.92 Å². The van der Waals surface area contributed by atoms with Crippen molar-refractivity contribution >= 4 is 39.0 Å². The van der Waals surface area contributed by atoms with Crippen LogP contribution in [0, 0.1) is 0 Å². The lowest BCUT2D eigenvalue weighted by atomic mass is 9.82. The summed E-state index contributed by atoms with van der Waals surface area (Å²) in [6.07, 6.45) is 0.961. The molecule has 34 heavy (non-hydrogen) atoms. The predicted molar refractivity (Wildman–Crippen MR) is 124 cm³/mol. The number of fused-ring (bicyclic) bond motifs is 2. The number of anilines is 1. The van der Waals surface area contributed by atoms with E-state index in [0.717, 1.165) is 0 Å². The number of ether oxygens (including phenoxy) is 1. The number of hydrogen-bond acceptors (Lipinski definition) is 8. The van der Waals surface area contributed by atoms with Crippen LogP contribution in [-0.4, -0.2) is 67.5 Å². The molecule has 0 radical (unpaired) electrons. The topological polar surface area (TPSA) is 141 Å². The van der Waals surface area contributed by atoms with E-state index in [4.69, 9.17) is 10.5 Å². The fraction of sp³-hybridized carbons (Fsp3) is 0.333. The number of rotatable bonds is 6. The second-order valence-corrected chi connectivity index (χ2v) is 10.6. The Morgan fingerprint density at radius 2 is 1.74 bits per heavy atom. The van der Waals surface area contributed by atoms with E-state index in [9.17, 15) is 27.6 Å². The first-order valence-corrected chi connectivity index (χ1v) is 12.7. The van der Waals surface area contributed by atoms with E-state index in [-0.39, 0.29) is 50.8 Å². The van der Waals surface area contributed by atoms with Crippen molar-refractivity contribution in [3.63, 3.8) is 0 Å². The molecule has 10 heteroatoms. The molecule has 1 atom stereocenters. The van der Waals surface area contributed by atoms with Gasteiger partial charge in [0.15, 0.2) is 28.0 Å². The lowest BCUT2D eigenvalue weighted by Crippen LogP contribution is -2.43. The maximum atomic E-state index is 13.0. The number of amides is 1. The Balaban J connectivity index is 1.52. The monoisotopic (exact) mass is 484 g/mol. The third kappa shape index (κ3) is 4.21. The Hall–Kier alpha value is -3.53. The van der Waals surface area contributed by atoms with E-state index in [0.29, 0.717) is 19.4 Å². The van der Waals surface area contributed by atoms with Gasteiger partial charge in [-0.2, -0.15) is 0 Å². The fourth-order valence-corrected chi connectivity index (χ4v) is 6.18. The molecule has 0 saturated carbocycles. The number of nitrogens with zero attached hydrogens (tertiary/aromatic N) is 1. The van der Waals surface area contributed by atoms with Crippen molar-refractivity contribution in [2.24, 2.45) is 0 Å². The molecule has 2 aromatic rings. The summed E-state index contributed by atoms with van der Waals surface area (Å²) >= 11 is 0. The minimum atomic E-state index is -3.19. The molecule has 1 aliphatic carbocycles. The van der Waals surface area contributed by atoms with Crippen molar-refractivity contribution in [2.75, 3.05) is 30.4 Å². The van der Waals surface area contributed by atoms with Gasteiger partial charge in [0.2, 0.25) is 0 Å². The van der Waals surface area contributed by atoms with Gasteiger partial charge in [-0.3, -0.25) is 14.4 Å². The second-order valence-electron chi connectivity index (χ2n) is 8.37. The Labute approximate surface area is 196 Å². The number of esters is 1. The van der Waals surface area contributed by atoms with Gasteiger partial charge in [-0.15, -0.1) is 0 Å². The average Bonchev–Trinajstić information content (AvgIpc) is 3.18. The summed E-state index contributed by atoms with van der Waals surface area (Å²) in [5.41, 5.74) is 6.32. The molecular formula is C24H24N2O7S. The first-order valence-electron chi connectivity index (χ1n) is 10.9. The van der Waals surface area contributed by atoms with Gasteiger partial charge in [-0.1, -0.05) is 31.2 Å². The summed E-state index contributed by atoms with van der Waals surface area (Å²) in [6, 6.07) is 8.57. The maximum absolute atomic E-state index is 13.0. The van der Waals surface area contributed by atoms with Crippen LogP contribution in [0.4, 0.5) is 5.69 Å². The molecule has 1 heterocycles. The van der Waals surface area contributed by atoms with Gasteiger partial charge in [0, 0.05) is 29.3 Å². The Morgan fingerprint density at radius 1 is 1.06 bits per heavy atom. The summed E-state index contributed by atoms with van der Waals surface area (Å²) < 4.78 is 28.8. The van der Waals surface area contributed by atoms with Crippen molar-refractivity contribution in [2.45, 2.75) is 25.8 Å². The number of hydrogen-bond donors (Lipinski definition) is 1. The predicted octanol–water partition coefficient (Wildman–Crippen LogP) is 1.63. The van der Waals surface area contributed by atoms with Crippen LogP contribution in [-0.2, 0) is 19.4 Å². The minimum absolute atomic E-state index is 0.0203. The molecule has 2 aromatic carbocycles. The highest BCUT2D eigenvalue weighted by molar-refractivity contribution is 7.91. The molecule has 1 unspecified atom stereocenters. The van der Waals surface area contributed by atoms with Crippen LogP contribution in [0.5, 0.6) is 0 Å². The minimum Gasteiger partial charge on any atom is -0.452 e. The number of ketones is 2. The first kappa shape index (κ1) is 23.6. The highest BCUT2D eigenvalue weighted by Crippen LogP contribution is 2.33. The maximum Gasteiger partial charge on any atom is 0.340 e. The quantitative estimate of drug-likeness (QED) is 0.411. The Morgan fingerprint density at radius 3 is 2.35 bits per heavy atom. The fourth-order valence-electron chi connectivity index (χ4n) is 4.45. The number of sulfone groups is 1. The smallest absolute Gasteiger partial charge is 0.340 e. The lowest BCUT2D eigenvalue weighted by molar-refractivity contribution is -0.136. The zero-order valence-corrected chi connectivity index (χ0v) is 19.4. The number of nitrogens with two attached hydrogens (primary N) is 1. The molecule has 1 amide bonds. The van der Waals surface area contributed by atoms with Gasteiger partial charge in [0.1, 0.15) is 0 Å². The summed E-state index contributed by atoms with van der Waals surface area (Å²) in [5.74, 6) is -2.34. The van der Waals surface area contributed by atoms with Gasteiger partial charge in [-0.05, 0) is 25.0 Å². The normalized spacial score (nSPS) is 18.2. The molecule has 0 aromatic heterocycles. The number of nitrogen functional groups attached to an aromatic ring is 1. The average molecular weight is 485 g/mol. The number of carbonyl (C=O) groups excluding carboxylic acids is 4. The van der Waals surface area contributed by atoms with Crippen molar-refractivity contribution in [1.29, 1.82) is 0 Å². The van der Waals surface area contributed by atoms with E-state index < -0.39 is 40.1 Å². The second kappa shape index (κ2) is 9.02. The van der Waals surface area contributed by atoms with Crippen LogP contribution < -0.4 is 5.73 Å². The molecule has 2 N–H and O–H groups in total. The summed E-state index contributed by atoms with van der Waals surface area (Å²) in [5, 5.41) is 0. The SMILES string of the molecule is CCCN(C(=O)COC(=O)c1ccc2c(c1N)C(=O)c1ccccc1C2=O)C1CCS(=O)(=O)C1. The van der Waals surface area contributed by atoms with Crippen LogP contribution in [0.2, 0.25) is 0 Å². The van der Waals surface area contributed by atoms with Gasteiger partial charge in [0.05, 0.1) is 28.3 Å². The largest absolute Gasteiger partial charge is 0.452 e. The van der Waals surface area contributed by atoms with Crippen LogP contribution in [0.1, 0.15) is 62.0 Å². The van der Waals surface area contributed by atoms with Gasteiger partial charge in [-0.25, -0.2) is 13.2 Å². The van der Waals surface area contributed by atoms with Gasteiger partial charge in [0.25, 0.3) is 5.91 Å². The third-order valence-corrected chi connectivity index (χ3v) is 7.86. The molecule has 0 bridgehead atoms. The molecule has 1 aliphatic heterocycles. The third-order valence-electron chi connectivity index (χ3n) is 6.11. The Kier molecular flexibility index (Phi) is 6.26. The van der Waals surface area contributed by atoms with Crippen LogP contribution in [0.25, 0.3) is 0 Å². The first-order chi connectivity index (χ1) is 16.1. The molecule has 4 rings (SSSR count). The summed E-state index contributed by atoms with van der Waals surface area (Å²) in [6.45, 7) is 1.61. The van der Waals surface area contributed by atoms with E-state index >= 15 is 0 Å². The van der Waals surface area contributed by atoms with E-state index in [2.05, 4.69) is 0 Å².